The van der Waals surface area contributed by atoms with Crippen LogP contribution in [-0.2, 0) is 14.1 Å². The summed E-state index contributed by atoms with van der Waals surface area (Å²) >= 11 is 0. The fraction of sp³-hybridized carbons (Fsp3) is 0.278. The van der Waals surface area contributed by atoms with Crippen molar-refractivity contribution in [1.82, 2.24) is 4.83 Å². The molecule has 0 amide bonds. The molecule has 1 unspecified atom stereocenters. The molecule has 0 aliphatic carbocycles. The quantitative estimate of drug-likeness (QED) is 0.414. The van der Waals surface area contributed by atoms with Gasteiger partial charge in [0.15, 0.2) is 18.0 Å². The summed E-state index contributed by atoms with van der Waals surface area (Å²) in [5.74, 6) is 0.281. The second-order valence-electron chi connectivity index (χ2n) is 6.14. The van der Waals surface area contributed by atoms with E-state index in [0.717, 1.165) is 4.83 Å². The van der Waals surface area contributed by atoms with Gasteiger partial charge in [-0.1, -0.05) is 36.4 Å². The van der Waals surface area contributed by atoms with Crippen molar-refractivity contribution in [3.05, 3.63) is 60.7 Å². The maximum atomic E-state index is 12.5. The molecule has 0 fully saturated rings. The Labute approximate surface area is 148 Å². The Morgan fingerprint density at radius 1 is 0.960 bits per heavy atom. The Kier molecular flexibility index (Phi) is 6.51. The lowest BCUT2D eigenvalue weighted by atomic mass is 10.2. The average Bonchev–Trinajstić information content (AvgIpc) is 2.54. The van der Waals surface area contributed by atoms with E-state index in [-0.39, 0.29) is 6.54 Å². The third-order valence-corrected chi connectivity index (χ3v) is 3.70. The molecule has 1 atom stereocenters. The van der Waals surface area contributed by atoms with Crippen molar-refractivity contribution in [1.29, 1.82) is 0 Å². The van der Waals surface area contributed by atoms with Gasteiger partial charge in [0.05, 0.1) is 0 Å². The first kappa shape index (κ1) is 18.9. The van der Waals surface area contributed by atoms with Crippen LogP contribution in [0.15, 0.2) is 60.7 Å². The van der Waals surface area contributed by atoms with E-state index in [4.69, 9.17) is 14.1 Å². The minimum atomic E-state index is -2.46. The van der Waals surface area contributed by atoms with Gasteiger partial charge in [0, 0.05) is 4.57 Å². The number of hydrogen-bond donors (Lipinski definition) is 0. The molecule has 132 valence electrons. The number of benzene rings is 2. The van der Waals surface area contributed by atoms with E-state index in [1.807, 2.05) is 12.1 Å². The predicted molar refractivity (Wildman–Crippen MR) is 94.3 cm³/mol. The number of carbonyl (C=O) groups is 1. The summed E-state index contributed by atoms with van der Waals surface area (Å²) in [7, 11) is -2.46. The Morgan fingerprint density at radius 3 is 2.00 bits per heavy atom. The third-order valence-electron chi connectivity index (χ3n) is 2.75. The Hall–Kier alpha value is -2.43. The molecule has 0 saturated carbocycles. The van der Waals surface area contributed by atoms with Crippen molar-refractivity contribution >= 4 is 14.1 Å². The van der Waals surface area contributed by atoms with Crippen LogP contribution in [0.5, 0.6) is 11.5 Å². The summed E-state index contributed by atoms with van der Waals surface area (Å²) in [5, 5.41) is 0. The number of carbonyl (C=O) groups excluding carboxylic acids is 1. The Balaban J connectivity index is 2.10. The van der Waals surface area contributed by atoms with Crippen LogP contribution in [0, 0.1) is 0 Å². The van der Waals surface area contributed by atoms with Gasteiger partial charge in [-0.2, -0.15) is 0 Å². The van der Waals surface area contributed by atoms with Gasteiger partial charge >= 0.3 is 14.1 Å². The highest BCUT2D eigenvalue weighted by Crippen LogP contribution is 2.32. The van der Waals surface area contributed by atoms with Gasteiger partial charge in [0.2, 0.25) is 0 Å². The number of hydroxylamine groups is 1. The SMILES string of the molecule is CC(C)(C)OC(=O)CN(Oc1ccccc1)[P+](=O)Oc1ccccc1. The van der Waals surface area contributed by atoms with Crippen LogP contribution >= 0.6 is 8.18 Å². The average molecular weight is 362 g/mol. The number of ether oxygens (including phenoxy) is 1. The van der Waals surface area contributed by atoms with Crippen molar-refractivity contribution in [3.63, 3.8) is 0 Å². The molecule has 0 radical (unpaired) electrons. The van der Waals surface area contributed by atoms with E-state index >= 15 is 0 Å². The summed E-state index contributed by atoms with van der Waals surface area (Å²) < 4.78 is 23.2. The van der Waals surface area contributed by atoms with Crippen molar-refractivity contribution in [2.24, 2.45) is 0 Å². The van der Waals surface area contributed by atoms with Gasteiger partial charge in [0.1, 0.15) is 10.4 Å². The molecule has 0 bridgehead atoms. The second kappa shape index (κ2) is 8.60. The van der Waals surface area contributed by atoms with Crippen LogP contribution in [0.2, 0.25) is 0 Å². The summed E-state index contributed by atoms with van der Waals surface area (Å²) in [6.07, 6.45) is 0. The highest BCUT2D eigenvalue weighted by molar-refractivity contribution is 7.36. The number of para-hydroxylation sites is 2. The highest BCUT2D eigenvalue weighted by atomic mass is 31.1. The van der Waals surface area contributed by atoms with Gasteiger partial charge in [0.25, 0.3) is 0 Å². The number of nitrogens with zero attached hydrogens (tertiary/aromatic N) is 1. The Bertz CT molecular complexity index is 700. The van der Waals surface area contributed by atoms with Crippen LogP contribution in [0.3, 0.4) is 0 Å². The van der Waals surface area contributed by atoms with Gasteiger partial charge in [-0.25, -0.2) is 4.52 Å². The number of rotatable bonds is 7. The van der Waals surface area contributed by atoms with E-state index < -0.39 is 19.7 Å². The zero-order valence-corrected chi connectivity index (χ0v) is 15.3. The normalized spacial score (nSPS) is 11.8. The Morgan fingerprint density at radius 2 is 1.48 bits per heavy atom. The first-order valence-electron chi connectivity index (χ1n) is 7.76. The van der Waals surface area contributed by atoms with Gasteiger partial charge in [-0.05, 0) is 45.0 Å². The first-order valence-corrected chi connectivity index (χ1v) is 8.89. The van der Waals surface area contributed by atoms with Gasteiger partial charge in [-0.15, -0.1) is 0 Å². The molecule has 2 aromatic carbocycles. The van der Waals surface area contributed by atoms with E-state index in [1.54, 1.807) is 69.3 Å². The lowest BCUT2D eigenvalue weighted by Crippen LogP contribution is -2.33. The molecule has 25 heavy (non-hydrogen) atoms. The van der Waals surface area contributed by atoms with Crippen LogP contribution in [-0.4, -0.2) is 22.9 Å². The lowest BCUT2D eigenvalue weighted by Gasteiger charge is -2.20. The van der Waals surface area contributed by atoms with Crippen LogP contribution < -0.4 is 9.36 Å². The maximum Gasteiger partial charge on any atom is 0.703 e. The van der Waals surface area contributed by atoms with Crippen LogP contribution in [0.4, 0.5) is 0 Å². The van der Waals surface area contributed by atoms with Crippen molar-refractivity contribution in [2.45, 2.75) is 26.4 Å². The molecule has 2 aromatic rings. The predicted octanol–water partition coefficient (Wildman–Crippen LogP) is 4.36. The lowest BCUT2D eigenvalue weighted by molar-refractivity contribution is -0.159. The molecular weight excluding hydrogens is 341 g/mol. The minimum absolute atomic E-state index is 0.339. The number of hydrogen-bond acceptors (Lipinski definition) is 5. The standard InChI is InChI=1S/C18H21NO5P/c1-18(2,3)22-17(20)14-19(23-15-10-6-4-7-11-15)25(21)24-16-12-8-5-9-13-16/h4-13H,14H2,1-3H3/q+1. The summed E-state index contributed by atoms with van der Waals surface area (Å²) in [4.78, 5) is 18.6. The summed E-state index contributed by atoms with van der Waals surface area (Å²) in [6, 6.07) is 17.4. The first-order chi connectivity index (χ1) is 11.8. The molecule has 0 aliphatic heterocycles. The fourth-order valence-corrected chi connectivity index (χ4v) is 2.61. The van der Waals surface area contributed by atoms with E-state index in [1.165, 1.54) is 0 Å². The zero-order valence-electron chi connectivity index (χ0n) is 14.4. The number of esters is 1. The van der Waals surface area contributed by atoms with E-state index in [0.29, 0.717) is 11.5 Å². The molecular formula is C18H21NO5P+. The smallest absolute Gasteiger partial charge is 0.459 e. The van der Waals surface area contributed by atoms with Crippen molar-refractivity contribution in [3.8, 4) is 11.5 Å². The molecule has 0 aromatic heterocycles. The monoisotopic (exact) mass is 362 g/mol. The summed E-state index contributed by atoms with van der Waals surface area (Å²) in [5.41, 5.74) is -0.651. The maximum absolute atomic E-state index is 12.5. The van der Waals surface area contributed by atoms with E-state index in [9.17, 15) is 9.36 Å². The third kappa shape index (κ3) is 6.91. The van der Waals surface area contributed by atoms with Crippen LogP contribution in [0.25, 0.3) is 0 Å². The molecule has 0 aliphatic rings. The van der Waals surface area contributed by atoms with Gasteiger partial charge in [-0.3, -0.25) is 4.79 Å². The van der Waals surface area contributed by atoms with E-state index in [2.05, 4.69) is 0 Å². The van der Waals surface area contributed by atoms with Crippen molar-refractivity contribution in [2.75, 3.05) is 6.54 Å². The van der Waals surface area contributed by atoms with Gasteiger partial charge < -0.3 is 9.57 Å². The molecule has 0 spiro atoms. The zero-order chi connectivity index (χ0) is 18.3. The minimum Gasteiger partial charge on any atom is -0.459 e. The molecule has 7 heteroatoms. The second-order valence-corrected chi connectivity index (χ2v) is 7.25. The summed E-state index contributed by atoms with van der Waals surface area (Å²) in [6.45, 7) is 4.93. The molecule has 0 N–H and O–H groups in total. The topological polar surface area (TPSA) is 65.1 Å². The molecule has 0 saturated heterocycles. The highest BCUT2D eigenvalue weighted by Gasteiger charge is 2.38. The van der Waals surface area contributed by atoms with Crippen molar-refractivity contribution < 1.29 is 23.5 Å². The fourth-order valence-electron chi connectivity index (χ4n) is 1.83. The van der Waals surface area contributed by atoms with Crippen LogP contribution in [0.1, 0.15) is 20.8 Å². The largest absolute Gasteiger partial charge is 0.703 e. The molecule has 2 rings (SSSR count). The molecule has 0 heterocycles. The molecule has 6 nitrogen and oxygen atoms in total.